The third kappa shape index (κ3) is 4.90. The van der Waals surface area contributed by atoms with Crippen molar-refractivity contribution in [2.45, 2.75) is 43.5 Å². The summed E-state index contributed by atoms with van der Waals surface area (Å²) >= 11 is 1.56. The molecule has 132 valence electrons. The highest BCUT2D eigenvalue weighted by atomic mass is 32.2. The lowest BCUT2D eigenvalue weighted by Crippen LogP contribution is -2.42. The van der Waals surface area contributed by atoms with Gasteiger partial charge in [0.25, 0.3) is 5.91 Å². The van der Waals surface area contributed by atoms with E-state index >= 15 is 0 Å². The van der Waals surface area contributed by atoms with Gasteiger partial charge in [-0.1, -0.05) is 19.8 Å². The van der Waals surface area contributed by atoms with Gasteiger partial charge in [-0.3, -0.25) is 4.79 Å². The first kappa shape index (κ1) is 18.6. The minimum atomic E-state index is -0.550. The van der Waals surface area contributed by atoms with Crippen LogP contribution in [-0.4, -0.2) is 37.9 Å². The van der Waals surface area contributed by atoms with E-state index in [1.54, 1.807) is 23.9 Å². The molecule has 5 nitrogen and oxygen atoms in total. The van der Waals surface area contributed by atoms with Gasteiger partial charge in [0.15, 0.2) is 6.61 Å². The number of carbonyl (C=O) groups excluding carboxylic acids is 2. The SMILES string of the molecule is COc1cc(SC)ccc1C(=O)OCC(=O)NC1CCCCC1C. The molecule has 6 heteroatoms. The molecule has 1 aliphatic rings. The molecule has 0 heterocycles. The Kier molecular flexibility index (Phi) is 6.97. The topological polar surface area (TPSA) is 64.6 Å². The molecule has 1 amide bonds. The first-order chi connectivity index (χ1) is 11.5. The van der Waals surface area contributed by atoms with E-state index in [9.17, 15) is 9.59 Å². The second-order valence-electron chi connectivity index (χ2n) is 6.08. The average molecular weight is 351 g/mol. The Morgan fingerprint density at radius 2 is 2.04 bits per heavy atom. The maximum atomic E-state index is 12.2. The van der Waals surface area contributed by atoms with Crippen molar-refractivity contribution >= 4 is 23.6 Å². The molecule has 0 aromatic heterocycles. The lowest BCUT2D eigenvalue weighted by atomic mass is 9.86. The number of esters is 1. The number of ether oxygens (including phenoxy) is 2. The third-order valence-electron chi connectivity index (χ3n) is 4.42. The highest BCUT2D eigenvalue weighted by Crippen LogP contribution is 2.26. The predicted molar refractivity (Wildman–Crippen MR) is 94.6 cm³/mol. The second-order valence-corrected chi connectivity index (χ2v) is 6.96. The van der Waals surface area contributed by atoms with Crippen molar-refractivity contribution in [1.29, 1.82) is 0 Å². The standard InChI is InChI=1S/C18H25NO4S/c1-12-6-4-5-7-15(12)19-17(20)11-23-18(21)14-9-8-13(24-3)10-16(14)22-2/h8-10,12,15H,4-7,11H2,1-3H3,(H,19,20). The van der Waals surface area contributed by atoms with Crippen molar-refractivity contribution in [3.8, 4) is 5.75 Å². The maximum Gasteiger partial charge on any atom is 0.342 e. The Hall–Kier alpha value is -1.69. The van der Waals surface area contributed by atoms with E-state index < -0.39 is 5.97 Å². The molecular weight excluding hydrogens is 326 g/mol. The lowest BCUT2D eigenvalue weighted by molar-refractivity contribution is -0.125. The van der Waals surface area contributed by atoms with Crippen LogP contribution in [0.3, 0.4) is 0 Å². The number of hydrogen-bond acceptors (Lipinski definition) is 5. The molecule has 0 spiro atoms. The summed E-state index contributed by atoms with van der Waals surface area (Å²) in [6, 6.07) is 5.45. The summed E-state index contributed by atoms with van der Waals surface area (Å²) < 4.78 is 10.4. The van der Waals surface area contributed by atoms with E-state index in [1.807, 2.05) is 12.3 Å². The Morgan fingerprint density at radius 1 is 1.29 bits per heavy atom. The minimum Gasteiger partial charge on any atom is -0.496 e. The van der Waals surface area contributed by atoms with E-state index in [4.69, 9.17) is 9.47 Å². The van der Waals surface area contributed by atoms with Gasteiger partial charge < -0.3 is 14.8 Å². The molecule has 24 heavy (non-hydrogen) atoms. The number of amides is 1. The van der Waals surface area contributed by atoms with Gasteiger partial charge in [0.2, 0.25) is 0 Å². The molecule has 0 radical (unpaired) electrons. The van der Waals surface area contributed by atoms with Crippen LogP contribution in [0.4, 0.5) is 0 Å². The molecule has 1 aliphatic carbocycles. The Balaban J connectivity index is 1.89. The fraction of sp³-hybridized carbons (Fsp3) is 0.556. The molecule has 0 bridgehead atoms. The number of thioether (sulfide) groups is 1. The van der Waals surface area contributed by atoms with Crippen molar-refractivity contribution in [2.75, 3.05) is 20.0 Å². The highest BCUT2D eigenvalue weighted by molar-refractivity contribution is 7.98. The van der Waals surface area contributed by atoms with Crippen molar-refractivity contribution < 1.29 is 19.1 Å². The van der Waals surface area contributed by atoms with Crippen LogP contribution in [0.15, 0.2) is 23.1 Å². The molecule has 0 aliphatic heterocycles. The molecule has 1 aromatic carbocycles. The van der Waals surface area contributed by atoms with E-state index in [1.165, 1.54) is 13.5 Å². The summed E-state index contributed by atoms with van der Waals surface area (Å²) in [5.74, 6) is 0.124. The largest absolute Gasteiger partial charge is 0.496 e. The summed E-state index contributed by atoms with van der Waals surface area (Å²) in [5.41, 5.74) is 0.328. The third-order valence-corrected chi connectivity index (χ3v) is 5.15. The van der Waals surface area contributed by atoms with E-state index in [-0.39, 0.29) is 18.6 Å². The zero-order valence-electron chi connectivity index (χ0n) is 14.5. The van der Waals surface area contributed by atoms with Gasteiger partial charge in [-0.2, -0.15) is 0 Å². The summed E-state index contributed by atoms with van der Waals surface area (Å²) in [6.45, 7) is 1.88. The van der Waals surface area contributed by atoms with Gasteiger partial charge >= 0.3 is 5.97 Å². The van der Waals surface area contributed by atoms with Crippen LogP contribution in [0.5, 0.6) is 5.75 Å². The van der Waals surface area contributed by atoms with Crippen LogP contribution in [0.1, 0.15) is 43.0 Å². The van der Waals surface area contributed by atoms with Gasteiger partial charge in [0.1, 0.15) is 11.3 Å². The monoisotopic (exact) mass is 351 g/mol. The molecule has 2 unspecified atom stereocenters. The number of hydrogen-bond donors (Lipinski definition) is 1. The number of carbonyl (C=O) groups is 2. The van der Waals surface area contributed by atoms with Crippen LogP contribution in [0.2, 0.25) is 0 Å². The van der Waals surface area contributed by atoms with Crippen LogP contribution >= 0.6 is 11.8 Å². The fourth-order valence-corrected chi connectivity index (χ4v) is 3.38. The Morgan fingerprint density at radius 3 is 2.71 bits per heavy atom. The zero-order valence-corrected chi connectivity index (χ0v) is 15.3. The summed E-state index contributed by atoms with van der Waals surface area (Å²) in [7, 11) is 1.51. The number of rotatable bonds is 6. The van der Waals surface area contributed by atoms with Crippen molar-refractivity contribution in [1.82, 2.24) is 5.32 Å². The molecular formula is C18H25NO4S. The van der Waals surface area contributed by atoms with Gasteiger partial charge in [-0.15, -0.1) is 11.8 Å². The molecule has 2 rings (SSSR count). The van der Waals surface area contributed by atoms with E-state index in [2.05, 4.69) is 12.2 Å². The van der Waals surface area contributed by atoms with Crippen LogP contribution in [0, 0.1) is 5.92 Å². The Bertz CT molecular complexity index is 590. The molecule has 1 fully saturated rings. The zero-order chi connectivity index (χ0) is 17.5. The lowest BCUT2D eigenvalue weighted by Gasteiger charge is -2.29. The molecule has 1 N–H and O–H groups in total. The minimum absolute atomic E-state index is 0.181. The molecule has 1 saturated carbocycles. The first-order valence-electron chi connectivity index (χ1n) is 8.23. The van der Waals surface area contributed by atoms with Crippen LogP contribution in [0.25, 0.3) is 0 Å². The van der Waals surface area contributed by atoms with Crippen molar-refractivity contribution in [3.63, 3.8) is 0 Å². The fourth-order valence-electron chi connectivity index (χ4n) is 2.96. The number of benzene rings is 1. The number of nitrogens with one attached hydrogen (secondary N) is 1. The molecule has 0 saturated heterocycles. The first-order valence-corrected chi connectivity index (χ1v) is 9.46. The Labute approximate surface area is 147 Å². The van der Waals surface area contributed by atoms with E-state index in [0.29, 0.717) is 17.2 Å². The van der Waals surface area contributed by atoms with Crippen molar-refractivity contribution in [3.05, 3.63) is 23.8 Å². The smallest absolute Gasteiger partial charge is 0.342 e. The number of methoxy groups -OCH3 is 1. The van der Waals surface area contributed by atoms with Crippen molar-refractivity contribution in [2.24, 2.45) is 5.92 Å². The normalized spacial score (nSPS) is 20.3. The van der Waals surface area contributed by atoms with Gasteiger partial charge in [0, 0.05) is 10.9 Å². The molecule has 1 aromatic rings. The summed E-state index contributed by atoms with van der Waals surface area (Å²) in [5, 5.41) is 2.97. The van der Waals surface area contributed by atoms with E-state index in [0.717, 1.165) is 24.2 Å². The van der Waals surface area contributed by atoms with Crippen LogP contribution in [-0.2, 0) is 9.53 Å². The summed E-state index contributed by atoms with van der Waals surface area (Å²) in [4.78, 5) is 25.2. The molecule has 2 atom stereocenters. The van der Waals surface area contributed by atoms with Crippen LogP contribution < -0.4 is 10.1 Å². The quantitative estimate of drug-likeness (QED) is 0.629. The predicted octanol–water partition coefficient (Wildman–Crippen LogP) is 3.27. The highest BCUT2D eigenvalue weighted by Gasteiger charge is 2.23. The summed E-state index contributed by atoms with van der Waals surface area (Å²) in [6.07, 6.45) is 6.42. The van der Waals surface area contributed by atoms with Gasteiger partial charge in [-0.05, 0) is 43.2 Å². The maximum absolute atomic E-state index is 12.2. The second kappa shape index (κ2) is 8.97. The van der Waals surface area contributed by atoms with Gasteiger partial charge in [-0.25, -0.2) is 4.79 Å². The van der Waals surface area contributed by atoms with Gasteiger partial charge in [0.05, 0.1) is 7.11 Å². The average Bonchev–Trinajstić information content (AvgIpc) is 2.61.